The molecular weight excluding hydrogens is 276 g/mol. The zero-order chi connectivity index (χ0) is 15.3. The molecule has 5 nitrogen and oxygen atoms in total. The standard InChI is InChI=1S/C14H20N2O3S/c1-9(2)8-16(6-5-13(15)20)14(19)11-7-10(17)3-4-12(11)18/h3-4,7,9,17-18H,5-6,8H2,1-2H3,(H2,15,20). The van der Waals surface area contributed by atoms with Crippen LogP contribution >= 0.6 is 12.2 Å². The summed E-state index contributed by atoms with van der Waals surface area (Å²) in [5, 5.41) is 19.2. The van der Waals surface area contributed by atoms with Gasteiger partial charge in [0.1, 0.15) is 11.5 Å². The number of rotatable bonds is 6. The molecular formula is C14H20N2O3S. The van der Waals surface area contributed by atoms with Crippen LogP contribution in [-0.4, -0.2) is 39.1 Å². The van der Waals surface area contributed by atoms with Gasteiger partial charge in [-0.15, -0.1) is 0 Å². The molecule has 0 aliphatic carbocycles. The summed E-state index contributed by atoms with van der Waals surface area (Å²) in [6, 6.07) is 3.88. The quantitative estimate of drug-likeness (QED) is 0.551. The summed E-state index contributed by atoms with van der Waals surface area (Å²) in [6.07, 6.45) is 0.424. The van der Waals surface area contributed by atoms with Crippen LogP contribution in [0.25, 0.3) is 0 Å². The van der Waals surface area contributed by atoms with Gasteiger partial charge in [-0.2, -0.15) is 0 Å². The number of hydrogen-bond acceptors (Lipinski definition) is 4. The van der Waals surface area contributed by atoms with Crippen molar-refractivity contribution in [1.29, 1.82) is 0 Å². The van der Waals surface area contributed by atoms with Crippen LogP contribution in [0.2, 0.25) is 0 Å². The van der Waals surface area contributed by atoms with E-state index in [0.717, 1.165) is 0 Å². The van der Waals surface area contributed by atoms with Crippen molar-refractivity contribution in [2.24, 2.45) is 11.7 Å². The summed E-state index contributed by atoms with van der Waals surface area (Å²) in [6.45, 7) is 4.89. The molecule has 0 radical (unpaired) electrons. The van der Waals surface area contributed by atoms with E-state index in [2.05, 4.69) is 0 Å². The maximum atomic E-state index is 12.4. The van der Waals surface area contributed by atoms with E-state index in [4.69, 9.17) is 18.0 Å². The molecule has 1 aromatic rings. The van der Waals surface area contributed by atoms with Gasteiger partial charge in [-0.25, -0.2) is 0 Å². The Morgan fingerprint density at radius 1 is 1.40 bits per heavy atom. The zero-order valence-electron chi connectivity index (χ0n) is 11.7. The molecule has 1 rings (SSSR count). The summed E-state index contributed by atoms with van der Waals surface area (Å²) >= 11 is 4.83. The van der Waals surface area contributed by atoms with Crippen molar-refractivity contribution in [3.63, 3.8) is 0 Å². The monoisotopic (exact) mass is 296 g/mol. The highest BCUT2D eigenvalue weighted by atomic mass is 32.1. The largest absolute Gasteiger partial charge is 0.508 e. The van der Waals surface area contributed by atoms with E-state index >= 15 is 0 Å². The van der Waals surface area contributed by atoms with Gasteiger partial charge >= 0.3 is 0 Å². The average Bonchev–Trinajstić information content (AvgIpc) is 2.36. The third-order valence-electron chi connectivity index (χ3n) is 2.71. The van der Waals surface area contributed by atoms with E-state index in [0.29, 0.717) is 24.5 Å². The normalized spacial score (nSPS) is 10.6. The van der Waals surface area contributed by atoms with Crippen LogP contribution in [0.15, 0.2) is 18.2 Å². The predicted molar refractivity (Wildman–Crippen MR) is 81.9 cm³/mol. The highest BCUT2D eigenvalue weighted by Gasteiger charge is 2.20. The molecule has 0 bridgehead atoms. The van der Waals surface area contributed by atoms with Gasteiger partial charge in [0.15, 0.2) is 0 Å². The van der Waals surface area contributed by atoms with E-state index in [1.165, 1.54) is 18.2 Å². The molecule has 0 aliphatic heterocycles. The molecule has 20 heavy (non-hydrogen) atoms. The van der Waals surface area contributed by atoms with Crippen LogP contribution in [0, 0.1) is 5.92 Å². The summed E-state index contributed by atoms with van der Waals surface area (Å²) < 4.78 is 0. The van der Waals surface area contributed by atoms with Gasteiger partial charge in [0, 0.05) is 19.5 Å². The van der Waals surface area contributed by atoms with Crippen molar-refractivity contribution < 1.29 is 15.0 Å². The predicted octanol–water partition coefficient (Wildman–Crippen LogP) is 1.87. The number of benzene rings is 1. The Hall–Kier alpha value is -1.82. The number of phenolic OH excluding ortho intramolecular Hbond substituents is 2. The SMILES string of the molecule is CC(C)CN(CCC(N)=S)C(=O)c1cc(O)ccc1O. The number of carbonyl (C=O) groups excluding carboxylic acids is 1. The Balaban J connectivity index is 2.96. The van der Waals surface area contributed by atoms with Crippen molar-refractivity contribution in [3.05, 3.63) is 23.8 Å². The third-order valence-corrected chi connectivity index (χ3v) is 2.92. The summed E-state index contributed by atoms with van der Waals surface area (Å²) in [4.78, 5) is 14.4. The fourth-order valence-corrected chi connectivity index (χ4v) is 1.92. The van der Waals surface area contributed by atoms with Gasteiger partial charge < -0.3 is 20.8 Å². The van der Waals surface area contributed by atoms with Crippen molar-refractivity contribution in [1.82, 2.24) is 4.90 Å². The first-order chi connectivity index (χ1) is 9.31. The zero-order valence-corrected chi connectivity index (χ0v) is 12.5. The molecule has 0 saturated carbocycles. The van der Waals surface area contributed by atoms with E-state index in [1.54, 1.807) is 4.90 Å². The molecule has 4 N–H and O–H groups in total. The average molecular weight is 296 g/mol. The first-order valence-electron chi connectivity index (χ1n) is 6.40. The fraction of sp³-hybridized carbons (Fsp3) is 0.429. The number of hydrogen-bond donors (Lipinski definition) is 3. The van der Waals surface area contributed by atoms with E-state index in [9.17, 15) is 15.0 Å². The number of thiocarbonyl (C=S) groups is 1. The molecule has 6 heteroatoms. The molecule has 0 saturated heterocycles. The number of amides is 1. The minimum Gasteiger partial charge on any atom is -0.508 e. The van der Waals surface area contributed by atoms with Crippen LogP contribution in [0.5, 0.6) is 11.5 Å². The lowest BCUT2D eigenvalue weighted by atomic mass is 10.1. The summed E-state index contributed by atoms with van der Waals surface area (Å²) in [5.74, 6) is -0.296. The molecule has 0 heterocycles. The Labute approximate surface area is 124 Å². The van der Waals surface area contributed by atoms with Crippen LogP contribution in [0.1, 0.15) is 30.6 Å². The molecule has 0 unspecified atom stereocenters. The number of aromatic hydroxyl groups is 2. The summed E-state index contributed by atoms with van der Waals surface area (Å²) in [5.41, 5.74) is 5.55. The highest BCUT2D eigenvalue weighted by molar-refractivity contribution is 7.80. The topological polar surface area (TPSA) is 86.8 Å². The lowest BCUT2D eigenvalue weighted by molar-refractivity contribution is 0.0737. The van der Waals surface area contributed by atoms with Gasteiger partial charge in [-0.1, -0.05) is 26.1 Å². The highest BCUT2D eigenvalue weighted by Crippen LogP contribution is 2.24. The van der Waals surface area contributed by atoms with Crippen LogP contribution < -0.4 is 5.73 Å². The second kappa shape index (κ2) is 7.09. The van der Waals surface area contributed by atoms with Gasteiger partial charge in [-0.05, 0) is 24.1 Å². The van der Waals surface area contributed by atoms with Crippen LogP contribution in [-0.2, 0) is 0 Å². The first-order valence-corrected chi connectivity index (χ1v) is 6.81. The molecule has 0 atom stereocenters. The Morgan fingerprint density at radius 3 is 2.60 bits per heavy atom. The van der Waals surface area contributed by atoms with Crippen molar-refractivity contribution in [3.8, 4) is 11.5 Å². The number of nitrogens with zero attached hydrogens (tertiary/aromatic N) is 1. The molecule has 0 fully saturated rings. The van der Waals surface area contributed by atoms with E-state index in [-0.39, 0.29) is 28.9 Å². The maximum absolute atomic E-state index is 12.4. The van der Waals surface area contributed by atoms with Crippen molar-refractivity contribution in [2.75, 3.05) is 13.1 Å². The smallest absolute Gasteiger partial charge is 0.257 e. The lowest BCUT2D eigenvalue weighted by Crippen LogP contribution is -2.36. The Bertz CT molecular complexity index is 503. The van der Waals surface area contributed by atoms with Gasteiger partial charge in [0.05, 0.1) is 10.6 Å². The first kappa shape index (κ1) is 16.2. The number of nitrogens with two attached hydrogens (primary N) is 1. The van der Waals surface area contributed by atoms with Crippen LogP contribution in [0.3, 0.4) is 0 Å². The molecule has 0 aromatic heterocycles. The summed E-state index contributed by atoms with van der Waals surface area (Å²) in [7, 11) is 0. The van der Waals surface area contributed by atoms with Crippen LogP contribution in [0.4, 0.5) is 0 Å². The minimum atomic E-state index is -0.344. The molecule has 0 aliphatic rings. The van der Waals surface area contributed by atoms with Crippen molar-refractivity contribution >= 4 is 23.1 Å². The number of phenols is 2. The maximum Gasteiger partial charge on any atom is 0.257 e. The Morgan fingerprint density at radius 2 is 2.05 bits per heavy atom. The minimum absolute atomic E-state index is 0.0648. The van der Waals surface area contributed by atoms with Gasteiger partial charge in [-0.3, -0.25) is 4.79 Å². The second-order valence-corrected chi connectivity index (χ2v) is 5.59. The van der Waals surface area contributed by atoms with Gasteiger partial charge in [0.2, 0.25) is 0 Å². The van der Waals surface area contributed by atoms with E-state index < -0.39 is 0 Å². The third kappa shape index (κ3) is 4.70. The molecule has 1 amide bonds. The molecule has 110 valence electrons. The van der Waals surface area contributed by atoms with Gasteiger partial charge in [0.25, 0.3) is 5.91 Å². The van der Waals surface area contributed by atoms with E-state index in [1.807, 2.05) is 13.8 Å². The molecule has 0 spiro atoms. The lowest BCUT2D eigenvalue weighted by Gasteiger charge is -2.25. The fourth-order valence-electron chi connectivity index (χ4n) is 1.83. The second-order valence-electron chi connectivity index (χ2n) is 5.06. The van der Waals surface area contributed by atoms with Crippen molar-refractivity contribution in [2.45, 2.75) is 20.3 Å². The Kier molecular flexibility index (Phi) is 5.76. The molecule has 1 aromatic carbocycles. The number of carbonyl (C=O) groups is 1.